The van der Waals surface area contributed by atoms with Crippen LogP contribution in [-0.2, 0) is 6.18 Å². The van der Waals surface area contributed by atoms with E-state index in [4.69, 9.17) is 11.6 Å². The SMILES string of the molecule is O=C(O)c1cnn(-c2cccc(-c3cc(Cl)ccc3-c3ccc(C4CCC(F)(F)CC4)cc3)n2)c1C(F)(F)F. The molecule has 0 aliphatic heterocycles. The third kappa shape index (κ3) is 5.52. The van der Waals surface area contributed by atoms with Crippen LogP contribution in [0.25, 0.3) is 28.2 Å². The van der Waals surface area contributed by atoms with Gasteiger partial charge in [-0.05, 0) is 59.7 Å². The molecule has 0 amide bonds. The lowest BCUT2D eigenvalue weighted by Crippen LogP contribution is -2.23. The number of aromatic carboxylic acids is 1. The average molecular weight is 562 g/mol. The van der Waals surface area contributed by atoms with Gasteiger partial charge in [-0.15, -0.1) is 0 Å². The van der Waals surface area contributed by atoms with Crippen LogP contribution in [0.15, 0.2) is 66.9 Å². The van der Waals surface area contributed by atoms with Crippen LogP contribution in [-0.4, -0.2) is 31.8 Å². The fourth-order valence-electron chi connectivity index (χ4n) is 4.93. The highest BCUT2D eigenvalue weighted by Crippen LogP contribution is 2.42. The lowest BCUT2D eigenvalue weighted by molar-refractivity contribution is -0.143. The third-order valence-electron chi connectivity index (χ3n) is 6.89. The Kier molecular flexibility index (Phi) is 6.92. The van der Waals surface area contributed by atoms with E-state index in [-0.39, 0.29) is 24.6 Å². The molecule has 1 fully saturated rings. The third-order valence-corrected chi connectivity index (χ3v) is 7.12. The van der Waals surface area contributed by atoms with Gasteiger partial charge in [-0.25, -0.2) is 23.2 Å². The van der Waals surface area contributed by atoms with Gasteiger partial charge >= 0.3 is 12.1 Å². The quantitative estimate of drug-likeness (QED) is 0.249. The van der Waals surface area contributed by atoms with E-state index in [1.54, 1.807) is 24.3 Å². The summed E-state index contributed by atoms with van der Waals surface area (Å²) < 4.78 is 68.8. The largest absolute Gasteiger partial charge is 0.478 e. The van der Waals surface area contributed by atoms with E-state index in [9.17, 15) is 31.9 Å². The zero-order chi connectivity index (χ0) is 27.9. The molecule has 0 atom stereocenters. The Hall–Kier alpha value is -3.79. The molecule has 5 rings (SSSR count). The number of benzene rings is 2. The lowest BCUT2D eigenvalue weighted by atomic mass is 9.82. The number of carboxylic acids is 1. The van der Waals surface area contributed by atoms with Gasteiger partial charge in [0.2, 0.25) is 5.92 Å². The molecule has 2 heterocycles. The van der Waals surface area contributed by atoms with E-state index in [1.807, 2.05) is 24.3 Å². The van der Waals surface area contributed by atoms with Crippen molar-refractivity contribution in [1.82, 2.24) is 14.8 Å². The molecular weight excluding hydrogens is 541 g/mol. The first kappa shape index (κ1) is 26.8. The van der Waals surface area contributed by atoms with E-state index in [2.05, 4.69) is 10.1 Å². The van der Waals surface area contributed by atoms with Crippen LogP contribution < -0.4 is 0 Å². The Bertz CT molecular complexity index is 1520. The van der Waals surface area contributed by atoms with E-state index < -0.39 is 29.3 Å². The minimum Gasteiger partial charge on any atom is -0.478 e. The predicted octanol–water partition coefficient (Wildman–Crippen LogP) is 8.26. The number of alkyl halides is 5. The molecular formula is C28H21ClF5N3O2. The molecule has 1 aliphatic carbocycles. The van der Waals surface area contributed by atoms with Crippen molar-refractivity contribution in [3.8, 4) is 28.2 Å². The molecule has 1 N–H and O–H groups in total. The number of carboxylic acid groups (broad SMARTS) is 1. The molecule has 1 aliphatic rings. The van der Waals surface area contributed by atoms with Crippen molar-refractivity contribution in [2.45, 2.75) is 43.7 Å². The molecule has 0 spiro atoms. The summed E-state index contributed by atoms with van der Waals surface area (Å²) in [7, 11) is 0. The van der Waals surface area contributed by atoms with Gasteiger partial charge in [-0.2, -0.15) is 18.3 Å². The van der Waals surface area contributed by atoms with Crippen LogP contribution in [0, 0.1) is 0 Å². The average Bonchev–Trinajstić information content (AvgIpc) is 3.36. The highest BCUT2D eigenvalue weighted by Gasteiger charge is 2.41. The lowest BCUT2D eigenvalue weighted by Gasteiger charge is -2.28. The maximum absolute atomic E-state index is 13.7. The number of pyridine rings is 1. The molecule has 0 unspecified atom stereocenters. The first-order valence-corrected chi connectivity index (χ1v) is 12.4. The van der Waals surface area contributed by atoms with Crippen molar-refractivity contribution in [1.29, 1.82) is 0 Å². The zero-order valence-electron chi connectivity index (χ0n) is 20.2. The first-order chi connectivity index (χ1) is 18.4. The van der Waals surface area contributed by atoms with Gasteiger partial charge in [-0.1, -0.05) is 48.0 Å². The number of rotatable bonds is 5. The van der Waals surface area contributed by atoms with E-state index >= 15 is 0 Å². The fraction of sp³-hybridized carbons (Fsp3) is 0.250. The van der Waals surface area contributed by atoms with E-state index in [1.165, 1.54) is 12.1 Å². The zero-order valence-corrected chi connectivity index (χ0v) is 21.0. The van der Waals surface area contributed by atoms with Gasteiger partial charge in [0, 0.05) is 23.4 Å². The number of carbonyl (C=O) groups is 1. The van der Waals surface area contributed by atoms with Crippen LogP contribution in [0.5, 0.6) is 0 Å². The Morgan fingerprint density at radius 3 is 2.33 bits per heavy atom. The highest BCUT2D eigenvalue weighted by molar-refractivity contribution is 6.31. The van der Waals surface area contributed by atoms with Gasteiger partial charge in [-0.3, -0.25) is 0 Å². The Balaban J connectivity index is 1.52. The number of hydrogen-bond acceptors (Lipinski definition) is 3. The maximum atomic E-state index is 13.7. The van der Waals surface area contributed by atoms with Crippen LogP contribution >= 0.6 is 11.6 Å². The Morgan fingerprint density at radius 1 is 1.00 bits per heavy atom. The molecule has 0 saturated heterocycles. The number of halogens is 6. The molecule has 1 saturated carbocycles. The standard InChI is InChI=1S/C28H21ClF5N3O2/c29-19-8-9-20(18-6-4-16(5-7-18)17-10-12-27(30,31)13-11-17)21(14-19)23-2-1-3-24(36-23)37-25(28(32,33)34)22(15-35-37)26(38)39/h1-9,14-15,17H,10-13H2,(H,38,39). The monoisotopic (exact) mass is 561 g/mol. The summed E-state index contributed by atoms with van der Waals surface area (Å²) in [5.74, 6) is -4.54. The summed E-state index contributed by atoms with van der Waals surface area (Å²) in [5, 5.41) is 13.2. The van der Waals surface area contributed by atoms with Gasteiger partial charge < -0.3 is 5.11 Å². The second-order valence-corrected chi connectivity index (χ2v) is 9.88. The van der Waals surface area contributed by atoms with E-state index in [0.29, 0.717) is 45.6 Å². The summed E-state index contributed by atoms with van der Waals surface area (Å²) in [5.41, 5.74) is 0.854. The van der Waals surface area contributed by atoms with Gasteiger partial charge in [0.1, 0.15) is 5.56 Å². The van der Waals surface area contributed by atoms with Gasteiger partial charge in [0.05, 0.1) is 11.9 Å². The first-order valence-electron chi connectivity index (χ1n) is 12.1. The van der Waals surface area contributed by atoms with Crippen LogP contribution in [0.4, 0.5) is 22.0 Å². The fourth-order valence-corrected chi connectivity index (χ4v) is 5.10. The van der Waals surface area contributed by atoms with Crippen molar-refractivity contribution < 1.29 is 31.9 Å². The normalized spacial score (nSPS) is 15.8. The minimum atomic E-state index is -4.99. The van der Waals surface area contributed by atoms with Crippen LogP contribution in [0.1, 0.15) is 53.2 Å². The number of nitrogens with zero attached hydrogens (tertiary/aromatic N) is 3. The van der Waals surface area contributed by atoms with Crippen LogP contribution in [0.2, 0.25) is 5.02 Å². The van der Waals surface area contributed by atoms with Crippen molar-refractivity contribution >= 4 is 17.6 Å². The molecule has 39 heavy (non-hydrogen) atoms. The number of hydrogen-bond donors (Lipinski definition) is 1. The molecule has 202 valence electrons. The van der Waals surface area contributed by atoms with Gasteiger partial charge in [0.15, 0.2) is 11.5 Å². The van der Waals surface area contributed by atoms with Crippen LogP contribution in [0.3, 0.4) is 0 Å². The topological polar surface area (TPSA) is 68.0 Å². The number of aromatic nitrogens is 3. The maximum Gasteiger partial charge on any atom is 0.434 e. The molecule has 0 radical (unpaired) electrons. The second-order valence-electron chi connectivity index (χ2n) is 9.44. The summed E-state index contributed by atoms with van der Waals surface area (Å²) in [6, 6.07) is 17.0. The second kappa shape index (κ2) is 10.1. The minimum absolute atomic E-state index is 0.0503. The Morgan fingerprint density at radius 2 is 1.69 bits per heavy atom. The Labute approximate surface area is 224 Å². The molecule has 2 aromatic heterocycles. The summed E-state index contributed by atoms with van der Waals surface area (Å²) in [4.78, 5) is 15.7. The summed E-state index contributed by atoms with van der Waals surface area (Å²) >= 11 is 6.26. The van der Waals surface area contributed by atoms with E-state index in [0.717, 1.165) is 11.1 Å². The molecule has 4 aromatic rings. The smallest absolute Gasteiger partial charge is 0.434 e. The summed E-state index contributed by atoms with van der Waals surface area (Å²) in [6.07, 6.45) is -3.80. The molecule has 5 nitrogen and oxygen atoms in total. The van der Waals surface area contributed by atoms with Gasteiger partial charge in [0.25, 0.3) is 0 Å². The highest BCUT2D eigenvalue weighted by atomic mass is 35.5. The molecule has 11 heteroatoms. The molecule has 2 aromatic carbocycles. The van der Waals surface area contributed by atoms with Crippen molar-refractivity contribution in [2.24, 2.45) is 0 Å². The van der Waals surface area contributed by atoms with Crippen molar-refractivity contribution in [2.75, 3.05) is 0 Å². The summed E-state index contributed by atoms with van der Waals surface area (Å²) in [6.45, 7) is 0. The molecule has 0 bridgehead atoms. The van der Waals surface area contributed by atoms with Crippen molar-refractivity contribution in [3.05, 3.63) is 88.7 Å². The van der Waals surface area contributed by atoms with Crippen molar-refractivity contribution in [3.63, 3.8) is 0 Å². The predicted molar refractivity (Wildman–Crippen MR) is 135 cm³/mol.